The van der Waals surface area contributed by atoms with Crippen LogP contribution < -0.4 is 0 Å². The van der Waals surface area contributed by atoms with E-state index in [1.807, 2.05) is 0 Å². The average molecular weight is 707 g/mol. The predicted molar refractivity (Wildman–Crippen MR) is 218 cm³/mol. The number of rotatable bonds is 41. The molecule has 4 heteroatoms. The second-order valence-electron chi connectivity index (χ2n) is 16.3. The van der Waals surface area contributed by atoms with Crippen LogP contribution in [0.15, 0.2) is 0 Å². The van der Waals surface area contributed by atoms with Gasteiger partial charge in [0.15, 0.2) is 0 Å². The number of ether oxygens (including phenoxy) is 1. The van der Waals surface area contributed by atoms with E-state index < -0.39 is 17.8 Å². The number of carbonyl (C=O) groups is 2. The summed E-state index contributed by atoms with van der Waals surface area (Å²) in [5.41, 5.74) is 0. The number of esters is 1. The zero-order valence-electron chi connectivity index (χ0n) is 34.6. The molecule has 4 nitrogen and oxygen atoms in total. The van der Waals surface area contributed by atoms with Crippen LogP contribution in [0, 0.1) is 17.8 Å². The van der Waals surface area contributed by atoms with Crippen molar-refractivity contribution in [2.75, 3.05) is 6.61 Å². The van der Waals surface area contributed by atoms with Gasteiger partial charge < -0.3 is 9.84 Å². The van der Waals surface area contributed by atoms with E-state index >= 15 is 0 Å². The smallest absolute Gasteiger partial charge is 0.309 e. The lowest BCUT2D eigenvalue weighted by molar-refractivity contribution is -0.158. The zero-order chi connectivity index (χ0) is 36.8. The Labute approximate surface area is 313 Å². The first-order chi connectivity index (χ1) is 24.4. The van der Waals surface area contributed by atoms with Gasteiger partial charge in [-0.25, -0.2) is 0 Å². The summed E-state index contributed by atoms with van der Waals surface area (Å²) in [6.07, 6.45) is 47.6. The number of hydrogen-bond acceptors (Lipinski definition) is 3. The molecule has 0 aliphatic rings. The lowest BCUT2D eigenvalue weighted by Gasteiger charge is -2.23. The van der Waals surface area contributed by atoms with Gasteiger partial charge in [0.1, 0.15) is 0 Å². The van der Waals surface area contributed by atoms with Crippen molar-refractivity contribution in [2.24, 2.45) is 17.8 Å². The third-order valence-electron chi connectivity index (χ3n) is 11.2. The van der Waals surface area contributed by atoms with Gasteiger partial charge in [0.25, 0.3) is 0 Å². The first-order valence-electron chi connectivity index (χ1n) is 22.8. The fourth-order valence-electron chi connectivity index (χ4n) is 7.55. The molecule has 50 heavy (non-hydrogen) atoms. The predicted octanol–water partition coefficient (Wildman–Crippen LogP) is 15.6. The monoisotopic (exact) mass is 707 g/mol. The van der Waals surface area contributed by atoms with Crippen LogP contribution in [0.25, 0.3) is 0 Å². The molecule has 0 spiro atoms. The Balaban J connectivity index is 3.77. The molecule has 0 radical (unpaired) electrons. The minimum atomic E-state index is -0.894. The van der Waals surface area contributed by atoms with E-state index in [9.17, 15) is 14.7 Å². The molecule has 3 unspecified atom stereocenters. The van der Waals surface area contributed by atoms with Gasteiger partial charge in [-0.15, -0.1) is 0 Å². The van der Waals surface area contributed by atoms with Gasteiger partial charge in [-0.3, -0.25) is 9.59 Å². The van der Waals surface area contributed by atoms with Crippen molar-refractivity contribution in [3.05, 3.63) is 0 Å². The Bertz CT molecular complexity index is 706. The Morgan fingerprint density at radius 1 is 0.440 bits per heavy atom. The molecule has 0 bridgehead atoms. The van der Waals surface area contributed by atoms with E-state index in [2.05, 4.69) is 20.8 Å². The van der Waals surface area contributed by atoms with Crippen molar-refractivity contribution in [2.45, 2.75) is 259 Å². The largest absolute Gasteiger partial charge is 0.481 e. The number of carboxylic acid groups (broad SMARTS) is 1. The standard InChI is InChI=1S/C46H90O4/c1-5-7-9-11-13-15-17-19-21-22-23-24-25-26-27-29-31-33-35-37-39-42(3)41-44(43(4)45(47)48)46(49)50-40-38-36-34-32-30-28-20-18-16-14-12-10-8-6-2/h42-44H,5-41H2,1-4H3,(H,47,48). The highest BCUT2D eigenvalue weighted by atomic mass is 16.5. The van der Waals surface area contributed by atoms with E-state index in [0.29, 0.717) is 18.9 Å². The summed E-state index contributed by atoms with van der Waals surface area (Å²) in [6, 6.07) is 0. The number of hydrogen-bond donors (Lipinski definition) is 1. The van der Waals surface area contributed by atoms with Crippen LogP contribution in [0.4, 0.5) is 0 Å². The van der Waals surface area contributed by atoms with Gasteiger partial charge in [-0.2, -0.15) is 0 Å². The summed E-state index contributed by atoms with van der Waals surface area (Å²) in [6.45, 7) is 8.84. The lowest BCUT2D eigenvalue weighted by Crippen LogP contribution is -2.31. The maximum Gasteiger partial charge on any atom is 0.309 e. The summed E-state index contributed by atoms with van der Waals surface area (Å²) in [7, 11) is 0. The number of carboxylic acids is 1. The van der Waals surface area contributed by atoms with Crippen molar-refractivity contribution in [1.82, 2.24) is 0 Å². The Hall–Kier alpha value is -1.06. The molecular weight excluding hydrogens is 617 g/mol. The average Bonchev–Trinajstić information content (AvgIpc) is 3.10. The van der Waals surface area contributed by atoms with E-state index in [4.69, 9.17) is 4.74 Å². The topological polar surface area (TPSA) is 63.6 Å². The third-order valence-corrected chi connectivity index (χ3v) is 11.2. The molecule has 0 heterocycles. The van der Waals surface area contributed by atoms with Crippen LogP contribution in [0.1, 0.15) is 259 Å². The minimum absolute atomic E-state index is 0.301. The molecule has 0 saturated carbocycles. The molecule has 0 aromatic heterocycles. The quantitative estimate of drug-likeness (QED) is 0.0508. The first-order valence-corrected chi connectivity index (χ1v) is 22.8. The summed E-state index contributed by atoms with van der Waals surface area (Å²) >= 11 is 0. The van der Waals surface area contributed by atoms with Gasteiger partial charge >= 0.3 is 11.9 Å². The number of unbranched alkanes of at least 4 members (excludes halogenated alkanes) is 32. The third kappa shape index (κ3) is 34.0. The van der Waals surface area contributed by atoms with E-state index in [1.165, 1.54) is 205 Å². The molecule has 0 aromatic rings. The van der Waals surface area contributed by atoms with Crippen LogP contribution in [-0.4, -0.2) is 23.7 Å². The van der Waals surface area contributed by atoms with Crippen molar-refractivity contribution < 1.29 is 19.4 Å². The van der Waals surface area contributed by atoms with Crippen molar-refractivity contribution >= 4 is 11.9 Å². The summed E-state index contributed by atoms with van der Waals surface area (Å²) < 4.78 is 5.63. The Kier molecular flexibility index (Phi) is 38.3. The normalized spacial score (nSPS) is 13.4. The van der Waals surface area contributed by atoms with Gasteiger partial charge in [-0.05, 0) is 18.8 Å². The van der Waals surface area contributed by atoms with Crippen LogP contribution >= 0.6 is 0 Å². The summed E-state index contributed by atoms with van der Waals surface area (Å²) in [5.74, 6) is -2.10. The molecular formula is C46H90O4. The van der Waals surface area contributed by atoms with Crippen molar-refractivity contribution in [1.29, 1.82) is 0 Å². The Morgan fingerprint density at radius 3 is 1.02 bits per heavy atom. The van der Waals surface area contributed by atoms with Crippen molar-refractivity contribution in [3.8, 4) is 0 Å². The SMILES string of the molecule is CCCCCCCCCCCCCCCCCCCCCCC(C)CC(C(=O)OCCCCCCCCCCCCCCCC)C(C)C(=O)O. The second kappa shape index (κ2) is 39.2. The van der Waals surface area contributed by atoms with Crippen LogP contribution in [-0.2, 0) is 14.3 Å². The fourth-order valence-corrected chi connectivity index (χ4v) is 7.55. The summed E-state index contributed by atoms with van der Waals surface area (Å²) in [5, 5.41) is 9.66. The second-order valence-corrected chi connectivity index (χ2v) is 16.3. The van der Waals surface area contributed by atoms with E-state index in [1.54, 1.807) is 6.92 Å². The molecule has 0 saturated heterocycles. The molecule has 1 N–H and O–H groups in total. The first kappa shape index (κ1) is 48.9. The highest BCUT2D eigenvalue weighted by Gasteiger charge is 2.32. The maximum absolute atomic E-state index is 12.9. The molecule has 0 amide bonds. The number of carbonyl (C=O) groups excluding carboxylic acids is 1. The number of aliphatic carboxylic acids is 1. The molecule has 0 fully saturated rings. The molecule has 298 valence electrons. The minimum Gasteiger partial charge on any atom is -0.481 e. The molecule has 0 aliphatic carbocycles. The van der Waals surface area contributed by atoms with Gasteiger partial charge in [0.2, 0.25) is 0 Å². The molecule has 0 aromatic carbocycles. The zero-order valence-corrected chi connectivity index (χ0v) is 34.6. The molecule has 0 rings (SSSR count). The van der Waals surface area contributed by atoms with Crippen LogP contribution in [0.2, 0.25) is 0 Å². The maximum atomic E-state index is 12.9. The highest BCUT2D eigenvalue weighted by molar-refractivity contribution is 5.80. The van der Waals surface area contributed by atoms with Gasteiger partial charge in [-0.1, -0.05) is 246 Å². The van der Waals surface area contributed by atoms with Gasteiger partial charge in [0, 0.05) is 0 Å². The fraction of sp³-hybridized carbons (Fsp3) is 0.957. The van der Waals surface area contributed by atoms with E-state index in [-0.39, 0.29) is 5.97 Å². The molecule has 3 atom stereocenters. The van der Waals surface area contributed by atoms with Crippen molar-refractivity contribution in [3.63, 3.8) is 0 Å². The van der Waals surface area contributed by atoms with Crippen LogP contribution in [0.3, 0.4) is 0 Å². The van der Waals surface area contributed by atoms with Crippen LogP contribution in [0.5, 0.6) is 0 Å². The molecule has 0 aliphatic heterocycles. The Morgan fingerprint density at radius 2 is 0.720 bits per heavy atom. The van der Waals surface area contributed by atoms with E-state index in [0.717, 1.165) is 19.3 Å². The lowest BCUT2D eigenvalue weighted by atomic mass is 9.84. The highest BCUT2D eigenvalue weighted by Crippen LogP contribution is 2.26. The van der Waals surface area contributed by atoms with Gasteiger partial charge in [0.05, 0.1) is 18.4 Å². The summed E-state index contributed by atoms with van der Waals surface area (Å²) in [4.78, 5) is 24.7.